The van der Waals surface area contributed by atoms with Gasteiger partial charge in [-0.1, -0.05) is 17.7 Å². The molecule has 0 aromatic carbocycles. The van der Waals surface area contributed by atoms with Crippen LogP contribution in [0.2, 0.25) is 0 Å². The van der Waals surface area contributed by atoms with E-state index in [9.17, 15) is 4.79 Å². The summed E-state index contributed by atoms with van der Waals surface area (Å²) in [6.45, 7) is 2.06. The highest BCUT2D eigenvalue weighted by Crippen LogP contribution is 2.46. The van der Waals surface area contributed by atoms with Gasteiger partial charge in [0, 0.05) is 0 Å². The number of fused-ring (bicyclic) bond motifs is 1. The zero-order valence-corrected chi connectivity index (χ0v) is 7.21. The van der Waals surface area contributed by atoms with Crippen LogP contribution in [0.5, 0.6) is 0 Å². The zero-order valence-electron chi connectivity index (χ0n) is 7.21. The Hall–Kier alpha value is -1.05. The lowest BCUT2D eigenvalue weighted by Crippen LogP contribution is -2.12. The van der Waals surface area contributed by atoms with Crippen LogP contribution in [0.3, 0.4) is 0 Å². The summed E-state index contributed by atoms with van der Waals surface area (Å²) in [5, 5.41) is 0. The van der Waals surface area contributed by atoms with Crippen molar-refractivity contribution in [3.63, 3.8) is 0 Å². The quantitative estimate of drug-likeness (QED) is 0.656. The molecule has 0 aromatic rings. The average Bonchev–Trinajstić information content (AvgIpc) is 2.65. The summed E-state index contributed by atoms with van der Waals surface area (Å²) < 4.78 is 0. The SMILES string of the molecule is CC1=CC2CC2C=C1CC(N)=O. The van der Waals surface area contributed by atoms with E-state index in [1.807, 2.05) is 0 Å². The number of hydrogen-bond donors (Lipinski definition) is 1. The fourth-order valence-electron chi connectivity index (χ4n) is 1.82. The van der Waals surface area contributed by atoms with E-state index in [-0.39, 0.29) is 5.91 Å². The molecular formula is C10H13NO. The third kappa shape index (κ3) is 1.29. The van der Waals surface area contributed by atoms with Crippen molar-refractivity contribution in [2.75, 3.05) is 0 Å². The lowest BCUT2D eigenvalue weighted by Gasteiger charge is -2.09. The Kier molecular flexibility index (Phi) is 1.56. The Bertz CT molecular complexity index is 288. The molecule has 1 amide bonds. The Morgan fingerprint density at radius 2 is 2.25 bits per heavy atom. The van der Waals surface area contributed by atoms with Gasteiger partial charge in [0.2, 0.25) is 5.91 Å². The molecule has 2 N–H and O–H groups in total. The van der Waals surface area contributed by atoms with E-state index in [0.717, 1.165) is 11.5 Å². The molecule has 64 valence electrons. The molecule has 2 unspecified atom stereocenters. The Morgan fingerprint density at radius 3 is 2.92 bits per heavy atom. The van der Waals surface area contributed by atoms with Crippen molar-refractivity contribution < 1.29 is 4.79 Å². The molecule has 0 spiro atoms. The van der Waals surface area contributed by atoms with Gasteiger partial charge in [-0.25, -0.2) is 0 Å². The molecule has 0 aromatic heterocycles. The van der Waals surface area contributed by atoms with Crippen molar-refractivity contribution >= 4 is 5.91 Å². The molecular weight excluding hydrogens is 150 g/mol. The molecule has 2 atom stereocenters. The molecule has 2 nitrogen and oxygen atoms in total. The zero-order chi connectivity index (χ0) is 8.72. The lowest BCUT2D eigenvalue weighted by atomic mass is 9.96. The van der Waals surface area contributed by atoms with Gasteiger partial charge in [0.1, 0.15) is 0 Å². The maximum absolute atomic E-state index is 10.7. The van der Waals surface area contributed by atoms with Crippen molar-refractivity contribution in [3.05, 3.63) is 23.3 Å². The second kappa shape index (κ2) is 2.47. The highest BCUT2D eigenvalue weighted by atomic mass is 16.1. The van der Waals surface area contributed by atoms with Crippen LogP contribution in [0.15, 0.2) is 23.3 Å². The first-order chi connectivity index (χ1) is 5.66. The maximum Gasteiger partial charge on any atom is 0.221 e. The molecule has 2 aliphatic carbocycles. The second-order valence-electron chi connectivity index (χ2n) is 3.75. The summed E-state index contributed by atoms with van der Waals surface area (Å²) in [6, 6.07) is 0. The topological polar surface area (TPSA) is 43.1 Å². The van der Waals surface area contributed by atoms with E-state index >= 15 is 0 Å². The van der Waals surface area contributed by atoms with Crippen LogP contribution in [0.4, 0.5) is 0 Å². The number of rotatable bonds is 2. The van der Waals surface area contributed by atoms with Crippen LogP contribution < -0.4 is 5.73 Å². The second-order valence-corrected chi connectivity index (χ2v) is 3.75. The fourth-order valence-corrected chi connectivity index (χ4v) is 1.82. The first kappa shape index (κ1) is 7.59. The normalized spacial score (nSPS) is 31.8. The first-order valence-corrected chi connectivity index (χ1v) is 4.34. The third-order valence-electron chi connectivity index (χ3n) is 2.64. The minimum Gasteiger partial charge on any atom is -0.369 e. The van der Waals surface area contributed by atoms with E-state index in [1.54, 1.807) is 0 Å². The number of amides is 1. The number of carbonyl (C=O) groups is 1. The van der Waals surface area contributed by atoms with Crippen LogP contribution in [0, 0.1) is 11.8 Å². The molecule has 12 heavy (non-hydrogen) atoms. The summed E-state index contributed by atoms with van der Waals surface area (Å²) in [5.74, 6) is 1.25. The van der Waals surface area contributed by atoms with Crippen molar-refractivity contribution in [1.82, 2.24) is 0 Å². The molecule has 2 rings (SSSR count). The van der Waals surface area contributed by atoms with Gasteiger partial charge in [-0.15, -0.1) is 0 Å². The van der Waals surface area contributed by atoms with Gasteiger partial charge in [-0.2, -0.15) is 0 Å². The fraction of sp³-hybridized carbons (Fsp3) is 0.500. The first-order valence-electron chi connectivity index (χ1n) is 4.34. The summed E-state index contributed by atoms with van der Waals surface area (Å²) in [4.78, 5) is 10.7. The van der Waals surface area contributed by atoms with Crippen LogP contribution in [-0.2, 0) is 4.79 Å². The van der Waals surface area contributed by atoms with Gasteiger partial charge in [-0.3, -0.25) is 4.79 Å². The van der Waals surface area contributed by atoms with Gasteiger partial charge in [0.15, 0.2) is 0 Å². The highest BCUT2D eigenvalue weighted by Gasteiger charge is 2.36. The van der Waals surface area contributed by atoms with Crippen LogP contribution in [0.1, 0.15) is 19.8 Å². The summed E-state index contributed by atoms with van der Waals surface area (Å²) in [6.07, 6.45) is 6.15. The van der Waals surface area contributed by atoms with Crippen LogP contribution >= 0.6 is 0 Å². The Labute approximate surface area is 72.1 Å². The number of carbonyl (C=O) groups excluding carboxylic acids is 1. The number of nitrogens with two attached hydrogens (primary N) is 1. The minimum atomic E-state index is -0.229. The average molecular weight is 163 g/mol. The largest absolute Gasteiger partial charge is 0.369 e. The highest BCUT2D eigenvalue weighted by molar-refractivity contribution is 5.78. The maximum atomic E-state index is 10.7. The molecule has 0 heterocycles. The summed E-state index contributed by atoms with van der Waals surface area (Å²) in [7, 11) is 0. The van der Waals surface area contributed by atoms with Gasteiger partial charge in [0.05, 0.1) is 6.42 Å². The Balaban J connectivity index is 2.14. The number of primary amides is 1. The monoisotopic (exact) mass is 163 g/mol. The predicted octanol–water partition coefficient (Wildman–Crippen LogP) is 1.38. The van der Waals surface area contributed by atoms with Crippen molar-refractivity contribution in [1.29, 1.82) is 0 Å². The van der Waals surface area contributed by atoms with Gasteiger partial charge in [-0.05, 0) is 30.8 Å². The Morgan fingerprint density at radius 1 is 1.58 bits per heavy atom. The van der Waals surface area contributed by atoms with Crippen molar-refractivity contribution in [2.45, 2.75) is 19.8 Å². The summed E-state index contributed by atoms with van der Waals surface area (Å²) in [5.41, 5.74) is 7.52. The van der Waals surface area contributed by atoms with Crippen molar-refractivity contribution in [2.24, 2.45) is 17.6 Å². The molecule has 1 fully saturated rings. The van der Waals surface area contributed by atoms with E-state index in [4.69, 9.17) is 5.73 Å². The van der Waals surface area contributed by atoms with E-state index in [1.165, 1.54) is 12.0 Å². The van der Waals surface area contributed by atoms with E-state index in [0.29, 0.717) is 12.3 Å². The molecule has 0 aliphatic heterocycles. The predicted molar refractivity (Wildman–Crippen MR) is 47.2 cm³/mol. The van der Waals surface area contributed by atoms with Crippen LogP contribution in [-0.4, -0.2) is 5.91 Å². The van der Waals surface area contributed by atoms with Gasteiger partial charge in [0.25, 0.3) is 0 Å². The third-order valence-corrected chi connectivity index (χ3v) is 2.64. The number of allylic oxidation sites excluding steroid dienone is 3. The smallest absolute Gasteiger partial charge is 0.221 e. The van der Waals surface area contributed by atoms with Crippen LogP contribution in [0.25, 0.3) is 0 Å². The molecule has 1 saturated carbocycles. The molecule has 0 saturated heterocycles. The standard InChI is InChI=1S/C10H13NO/c1-6-2-8-4-9(8)3-7(6)5-10(11)12/h2-3,8-9H,4-5H2,1H3,(H2,11,12). The van der Waals surface area contributed by atoms with Gasteiger partial charge >= 0.3 is 0 Å². The minimum absolute atomic E-state index is 0.229. The lowest BCUT2D eigenvalue weighted by molar-refractivity contribution is -0.117. The molecule has 0 bridgehead atoms. The molecule has 2 heteroatoms. The van der Waals surface area contributed by atoms with E-state index < -0.39 is 0 Å². The van der Waals surface area contributed by atoms with E-state index in [2.05, 4.69) is 19.1 Å². The van der Waals surface area contributed by atoms with Crippen molar-refractivity contribution in [3.8, 4) is 0 Å². The number of hydrogen-bond acceptors (Lipinski definition) is 1. The molecule has 2 aliphatic rings. The van der Waals surface area contributed by atoms with Gasteiger partial charge < -0.3 is 5.73 Å². The molecule has 0 radical (unpaired) electrons. The summed E-state index contributed by atoms with van der Waals surface area (Å²) >= 11 is 0.